The van der Waals surface area contributed by atoms with Gasteiger partial charge in [0.25, 0.3) is 0 Å². The first-order valence-electron chi connectivity index (χ1n) is 5.46. The Morgan fingerprint density at radius 3 is 2.73 bits per heavy atom. The van der Waals surface area contributed by atoms with E-state index in [1.807, 2.05) is 6.92 Å². The molecule has 4 heteroatoms. The summed E-state index contributed by atoms with van der Waals surface area (Å²) >= 11 is 0. The third kappa shape index (κ3) is 3.02. The molecule has 1 aliphatic heterocycles. The van der Waals surface area contributed by atoms with Gasteiger partial charge in [0.05, 0.1) is 6.04 Å². The Morgan fingerprint density at radius 2 is 2.20 bits per heavy atom. The van der Waals surface area contributed by atoms with Crippen LogP contribution < -0.4 is 0 Å². The number of likely N-dealkylation sites (N-methyl/N-ethyl adjacent to an activating group) is 1. The van der Waals surface area contributed by atoms with Crippen molar-refractivity contribution in [2.75, 3.05) is 27.2 Å². The highest BCUT2D eigenvalue weighted by Gasteiger charge is 2.27. The molecule has 0 aromatic rings. The van der Waals surface area contributed by atoms with Crippen LogP contribution in [0, 0.1) is 5.92 Å². The topological polar surface area (TPSA) is 40.6 Å². The first-order valence-corrected chi connectivity index (χ1v) is 5.46. The lowest BCUT2D eigenvalue weighted by atomic mass is 9.98. The summed E-state index contributed by atoms with van der Waals surface area (Å²) in [5, 5.41) is 0. The lowest BCUT2D eigenvalue weighted by molar-refractivity contribution is -0.135. The molecule has 15 heavy (non-hydrogen) atoms. The molecule has 1 rings (SSSR count). The Morgan fingerprint density at radius 1 is 1.53 bits per heavy atom. The van der Waals surface area contributed by atoms with Gasteiger partial charge in [-0.1, -0.05) is 0 Å². The largest absolute Gasteiger partial charge is 0.347 e. The lowest BCUT2D eigenvalue weighted by Gasteiger charge is -2.35. The van der Waals surface area contributed by atoms with Gasteiger partial charge in [-0.05, 0) is 26.3 Å². The molecule has 2 atom stereocenters. The number of aldehydes is 1. The quantitative estimate of drug-likeness (QED) is 0.635. The van der Waals surface area contributed by atoms with Gasteiger partial charge in [-0.3, -0.25) is 9.69 Å². The molecule has 1 aliphatic rings. The van der Waals surface area contributed by atoms with Gasteiger partial charge in [-0.2, -0.15) is 0 Å². The van der Waals surface area contributed by atoms with E-state index in [-0.39, 0.29) is 17.9 Å². The van der Waals surface area contributed by atoms with Crippen LogP contribution >= 0.6 is 0 Å². The smallest absolute Gasteiger partial charge is 0.239 e. The highest BCUT2D eigenvalue weighted by Crippen LogP contribution is 2.17. The number of hydrogen-bond donors (Lipinski definition) is 0. The second-order valence-electron chi connectivity index (χ2n) is 4.44. The van der Waals surface area contributed by atoms with Crippen molar-refractivity contribution in [2.45, 2.75) is 25.8 Å². The van der Waals surface area contributed by atoms with E-state index in [1.54, 1.807) is 19.0 Å². The van der Waals surface area contributed by atoms with Crippen LogP contribution in [0.15, 0.2) is 0 Å². The highest BCUT2D eigenvalue weighted by atomic mass is 16.2. The summed E-state index contributed by atoms with van der Waals surface area (Å²) < 4.78 is 0. The van der Waals surface area contributed by atoms with Crippen LogP contribution in [-0.2, 0) is 9.59 Å². The van der Waals surface area contributed by atoms with Crippen molar-refractivity contribution in [3.8, 4) is 0 Å². The molecule has 1 fully saturated rings. The van der Waals surface area contributed by atoms with E-state index in [4.69, 9.17) is 0 Å². The van der Waals surface area contributed by atoms with Gasteiger partial charge in [0, 0.05) is 26.6 Å². The number of nitrogens with zero attached hydrogens (tertiary/aromatic N) is 2. The van der Waals surface area contributed by atoms with Crippen LogP contribution in [0.5, 0.6) is 0 Å². The summed E-state index contributed by atoms with van der Waals surface area (Å²) in [6.45, 7) is 3.56. The van der Waals surface area contributed by atoms with Crippen LogP contribution in [0.1, 0.15) is 19.8 Å². The minimum absolute atomic E-state index is 0.108. The van der Waals surface area contributed by atoms with Crippen molar-refractivity contribution in [1.29, 1.82) is 0 Å². The average Bonchev–Trinajstić information content (AvgIpc) is 2.27. The van der Waals surface area contributed by atoms with Gasteiger partial charge in [-0.15, -0.1) is 0 Å². The number of piperidine rings is 1. The summed E-state index contributed by atoms with van der Waals surface area (Å²) in [7, 11) is 3.53. The van der Waals surface area contributed by atoms with Crippen molar-refractivity contribution in [2.24, 2.45) is 5.92 Å². The summed E-state index contributed by atoms with van der Waals surface area (Å²) in [5.41, 5.74) is 0. The zero-order valence-electron chi connectivity index (χ0n) is 9.77. The fourth-order valence-electron chi connectivity index (χ4n) is 2.03. The minimum Gasteiger partial charge on any atom is -0.347 e. The van der Waals surface area contributed by atoms with E-state index in [0.29, 0.717) is 0 Å². The third-order valence-corrected chi connectivity index (χ3v) is 3.03. The first-order chi connectivity index (χ1) is 7.06. The molecular formula is C11H20N2O2. The number of carbonyl (C=O) groups excluding carboxylic acids is 2. The van der Waals surface area contributed by atoms with Gasteiger partial charge < -0.3 is 9.69 Å². The SMILES string of the molecule is CC(C(=O)N(C)C)N1CCCC(C=O)C1. The molecule has 0 aromatic carbocycles. The zero-order chi connectivity index (χ0) is 11.4. The van der Waals surface area contributed by atoms with Crippen molar-refractivity contribution < 1.29 is 9.59 Å². The third-order valence-electron chi connectivity index (χ3n) is 3.03. The maximum atomic E-state index is 11.7. The molecule has 0 saturated carbocycles. The summed E-state index contributed by atoms with van der Waals surface area (Å²) in [4.78, 5) is 26.2. The monoisotopic (exact) mass is 212 g/mol. The Kier molecular flexibility index (Phi) is 4.27. The van der Waals surface area contributed by atoms with E-state index >= 15 is 0 Å². The Bertz CT molecular complexity index is 241. The molecule has 4 nitrogen and oxygen atoms in total. The van der Waals surface area contributed by atoms with Crippen molar-refractivity contribution in [3.63, 3.8) is 0 Å². The Hall–Kier alpha value is -0.900. The van der Waals surface area contributed by atoms with Crippen molar-refractivity contribution >= 4 is 12.2 Å². The fraction of sp³-hybridized carbons (Fsp3) is 0.818. The summed E-state index contributed by atoms with van der Waals surface area (Å²) in [6, 6.07) is -0.109. The summed E-state index contributed by atoms with van der Waals surface area (Å²) in [6.07, 6.45) is 2.98. The Labute approximate surface area is 91.2 Å². The standard InChI is InChI=1S/C11H20N2O2/c1-9(11(15)12(2)3)13-6-4-5-10(7-13)8-14/h8-10H,4-7H2,1-3H3. The molecule has 0 radical (unpaired) electrons. The molecule has 0 bridgehead atoms. The number of likely N-dealkylation sites (tertiary alicyclic amines) is 1. The summed E-state index contributed by atoms with van der Waals surface area (Å²) in [5.74, 6) is 0.220. The predicted molar refractivity (Wildman–Crippen MR) is 58.5 cm³/mol. The molecule has 86 valence electrons. The predicted octanol–water partition coefficient (Wildman–Crippen LogP) is 0.374. The number of carbonyl (C=O) groups is 2. The first kappa shape index (κ1) is 12.2. The van der Waals surface area contributed by atoms with E-state index in [0.717, 1.165) is 32.2 Å². The zero-order valence-corrected chi connectivity index (χ0v) is 9.77. The van der Waals surface area contributed by atoms with Crippen molar-refractivity contribution in [1.82, 2.24) is 9.80 Å². The number of hydrogen-bond acceptors (Lipinski definition) is 3. The van der Waals surface area contributed by atoms with Gasteiger partial charge in [0.1, 0.15) is 6.29 Å². The van der Waals surface area contributed by atoms with Crippen LogP contribution in [0.25, 0.3) is 0 Å². The van der Waals surface area contributed by atoms with Crippen molar-refractivity contribution in [3.05, 3.63) is 0 Å². The van der Waals surface area contributed by atoms with Gasteiger partial charge in [0.15, 0.2) is 0 Å². The minimum atomic E-state index is -0.109. The highest BCUT2D eigenvalue weighted by molar-refractivity contribution is 5.81. The van der Waals surface area contributed by atoms with Crippen LogP contribution in [-0.4, -0.2) is 55.2 Å². The van der Waals surface area contributed by atoms with Crippen LogP contribution in [0.2, 0.25) is 0 Å². The second kappa shape index (κ2) is 5.26. The molecular weight excluding hydrogens is 192 g/mol. The fourth-order valence-corrected chi connectivity index (χ4v) is 2.03. The van der Waals surface area contributed by atoms with Gasteiger partial charge in [0.2, 0.25) is 5.91 Å². The van der Waals surface area contributed by atoms with E-state index in [2.05, 4.69) is 4.90 Å². The molecule has 0 aliphatic carbocycles. The Balaban J connectivity index is 2.55. The van der Waals surface area contributed by atoms with Gasteiger partial charge >= 0.3 is 0 Å². The maximum absolute atomic E-state index is 11.7. The molecule has 0 spiro atoms. The van der Waals surface area contributed by atoms with Crippen LogP contribution in [0.4, 0.5) is 0 Å². The van der Waals surface area contributed by atoms with E-state index in [1.165, 1.54) is 0 Å². The number of rotatable bonds is 3. The second-order valence-corrected chi connectivity index (χ2v) is 4.44. The molecule has 2 unspecified atom stereocenters. The van der Waals surface area contributed by atoms with E-state index in [9.17, 15) is 9.59 Å². The maximum Gasteiger partial charge on any atom is 0.239 e. The van der Waals surface area contributed by atoms with Crippen LogP contribution in [0.3, 0.4) is 0 Å². The molecule has 0 aromatic heterocycles. The lowest BCUT2D eigenvalue weighted by Crippen LogP contribution is -2.48. The number of amides is 1. The normalized spacial score (nSPS) is 24.6. The van der Waals surface area contributed by atoms with E-state index < -0.39 is 0 Å². The molecule has 1 amide bonds. The average molecular weight is 212 g/mol. The molecule has 1 saturated heterocycles. The van der Waals surface area contributed by atoms with Gasteiger partial charge in [-0.25, -0.2) is 0 Å². The molecule has 1 heterocycles. The molecule has 0 N–H and O–H groups in total.